The monoisotopic (exact) mass is 306 g/mol. The summed E-state index contributed by atoms with van der Waals surface area (Å²) in [6.07, 6.45) is 8.17. The fourth-order valence-corrected chi connectivity index (χ4v) is 3.28. The first-order valence-corrected chi connectivity index (χ1v) is 8.35. The molecule has 0 unspecified atom stereocenters. The second-order valence-corrected chi connectivity index (χ2v) is 6.68. The molecule has 0 aromatic heterocycles. The van der Waals surface area contributed by atoms with Gasteiger partial charge in [0.25, 0.3) is 5.91 Å². The Morgan fingerprint density at radius 1 is 1.29 bits per heavy atom. The van der Waals surface area contributed by atoms with Gasteiger partial charge in [-0.3, -0.25) is 4.79 Å². The minimum Gasteiger partial charge on any atom is -0.339 e. The molecule has 0 radical (unpaired) electrons. The van der Waals surface area contributed by atoms with Crippen LogP contribution in [0.4, 0.5) is 0 Å². The molecule has 2 rings (SSSR count). The van der Waals surface area contributed by atoms with Crippen molar-refractivity contribution in [2.45, 2.75) is 24.2 Å². The number of nitrogens with one attached hydrogen (secondary N) is 1. The van der Waals surface area contributed by atoms with Crippen LogP contribution in [0.5, 0.6) is 0 Å². The van der Waals surface area contributed by atoms with Crippen LogP contribution in [0.1, 0.15) is 29.6 Å². The molecule has 1 aromatic rings. The molecule has 0 aliphatic carbocycles. The predicted octanol–water partition coefficient (Wildman–Crippen LogP) is 1.22. The summed E-state index contributed by atoms with van der Waals surface area (Å²) in [7, 11) is -3.67. The summed E-state index contributed by atoms with van der Waals surface area (Å²) >= 11 is 0. The van der Waals surface area contributed by atoms with Crippen LogP contribution >= 0.6 is 0 Å². The Morgan fingerprint density at radius 2 is 2.00 bits per heavy atom. The molecule has 1 aliphatic heterocycles. The minimum absolute atomic E-state index is 0.0561. The first-order valence-electron chi connectivity index (χ1n) is 6.87. The molecular formula is C15H18N2O3S. The maximum atomic E-state index is 12.4. The lowest BCUT2D eigenvalue weighted by atomic mass is 10.1. The van der Waals surface area contributed by atoms with E-state index in [1.807, 2.05) is 0 Å². The van der Waals surface area contributed by atoms with Crippen molar-refractivity contribution in [3.63, 3.8) is 0 Å². The van der Waals surface area contributed by atoms with Gasteiger partial charge in [0.05, 0.1) is 11.4 Å². The van der Waals surface area contributed by atoms with Crippen molar-refractivity contribution < 1.29 is 13.2 Å². The van der Waals surface area contributed by atoms with E-state index >= 15 is 0 Å². The van der Waals surface area contributed by atoms with Crippen molar-refractivity contribution in [3.8, 4) is 12.3 Å². The number of likely N-dealkylation sites (tertiary alicyclic amines) is 1. The third-order valence-electron chi connectivity index (χ3n) is 3.40. The summed E-state index contributed by atoms with van der Waals surface area (Å²) in [5.41, 5.74) is 0.389. The molecule has 1 aliphatic rings. The van der Waals surface area contributed by atoms with Crippen molar-refractivity contribution in [3.05, 3.63) is 29.8 Å². The van der Waals surface area contributed by atoms with Crippen LogP contribution in [-0.2, 0) is 10.0 Å². The number of benzene rings is 1. The van der Waals surface area contributed by atoms with E-state index in [4.69, 9.17) is 6.42 Å². The average Bonchev–Trinajstić information content (AvgIpc) is 2.53. The van der Waals surface area contributed by atoms with E-state index < -0.39 is 10.0 Å². The summed E-state index contributed by atoms with van der Waals surface area (Å²) in [6.45, 7) is 1.38. The van der Waals surface area contributed by atoms with Gasteiger partial charge in [-0.25, -0.2) is 8.42 Å². The van der Waals surface area contributed by atoms with E-state index in [-0.39, 0.29) is 17.3 Å². The fraction of sp³-hybridized carbons (Fsp3) is 0.400. The number of terminal acetylenes is 1. The minimum atomic E-state index is -3.67. The summed E-state index contributed by atoms with van der Waals surface area (Å²) in [4.78, 5) is 14.2. The highest BCUT2D eigenvalue weighted by Crippen LogP contribution is 2.16. The molecule has 0 saturated carbocycles. The summed E-state index contributed by atoms with van der Waals surface area (Å²) in [6, 6.07) is 6.06. The van der Waals surface area contributed by atoms with Crippen LogP contribution in [0.25, 0.3) is 0 Å². The van der Waals surface area contributed by atoms with Crippen LogP contribution in [0.15, 0.2) is 29.2 Å². The van der Waals surface area contributed by atoms with Gasteiger partial charge >= 0.3 is 0 Å². The first-order chi connectivity index (χ1) is 10.0. The average molecular weight is 306 g/mol. The third-order valence-corrected chi connectivity index (χ3v) is 4.80. The summed E-state index contributed by atoms with van der Waals surface area (Å²) in [5, 5.41) is 0. The molecule has 1 saturated heterocycles. The fourth-order valence-electron chi connectivity index (χ4n) is 2.30. The second-order valence-electron chi connectivity index (χ2n) is 4.91. The number of carbonyl (C=O) groups is 1. The van der Waals surface area contributed by atoms with E-state index in [1.54, 1.807) is 17.0 Å². The van der Waals surface area contributed by atoms with Gasteiger partial charge in [-0.05, 0) is 37.5 Å². The van der Waals surface area contributed by atoms with E-state index in [1.165, 1.54) is 12.1 Å². The molecule has 5 nitrogen and oxygen atoms in total. The zero-order valence-corrected chi connectivity index (χ0v) is 12.5. The smallest absolute Gasteiger partial charge is 0.253 e. The van der Waals surface area contributed by atoms with Crippen molar-refractivity contribution in [1.82, 2.24) is 9.62 Å². The molecule has 6 heteroatoms. The number of amides is 1. The largest absolute Gasteiger partial charge is 0.339 e. The van der Waals surface area contributed by atoms with E-state index in [2.05, 4.69) is 10.6 Å². The van der Waals surface area contributed by atoms with Gasteiger partial charge in [-0.15, -0.1) is 6.42 Å². The Hall–Kier alpha value is -1.84. The van der Waals surface area contributed by atoms with Gasteiger partial charge in [0.2, 0.25) is 10.0 Å². The van der Waals surface area contributed by atoms with Gasteiger partial charge in [-0.2, -0.15) is 4.72 Å². The van der Waals surface area contributed by atoms with E-state index in [9.17, 15) is 13.2 Å². The van der Waals surface area contributed by atoms with Crippen LogP contribution in [-0.4, -0.2) is 38.9 Å². The number of sulfonamides is 1. The molecule has 1 fully saturated rings. The molecule has 0 atom stereocenters. The molecule has 1 heterocycles. The zero-order chi connectivity index (χ0) is 15.3. The number of hydrogen-bond donors (Lipinski definition) is 1. The van der Waals surface area contributed by atoms with Gasteiger partial charge in [-0.1, -0.05) is 12.0 Å². The molecule has 21 heavy (non-hydrogen) atoms. The molecule has 0 spiro atoms. The Labute approximate surface area is 125 Å². The SMILES string of the molecule is C#CCNS(=O)(=O)c1cccc(C(=O)N2CCCCC2)c1. The molecule has 1 amide bonds. The molecule has 112 valence electrons. The normalized spacial score (nSPS) is 15.5. The third kappa shape index (κ3) is 3.84. The highest BCUT2D eigenvalue weighted by atomic mass is 32.2. The Morgan fingerprint density at radius 3 is 2.67 bits per heavy atom. The maximum Gasteiger partial charge on any atom is 0.253 e. The summed E-state index contributed by atoms with van der Waals surface area (Å²) in [5.74, 6) is 2.10. The lowest BCUT2D eigenvalue weighted by Gasteiger charge is -2.26. The Balaban J connectivity index is 2.21. The Kier molecular flexibility index (Phi) is 4.99. The topological polar surface area (TPSA) is 66.5 Å². The van der Waals surface area contributed by atoms with E-state index in [0.29, 0.717) is 5.56 Å². The highest BCUT2D eigenvalue weighted by molar-refractivity contribution is 7.89. The molecule has 0 bridgehead atoms. The number of piperidine rings is 1. The van der Waals surface area contributed by atoms with Gasteiger partial charge in [0, 0.05) is 18.7 Å². The lowest BCUT2D eigenvalue weighted by Crippen LogP contribution is -2.35. The number of rotatable bonds is 4. The quantitative estimate of drug-likeness (QED) is 0.851. The number of hydrogen-bond acceptors (Lipinski definition) is 3. The molecular weight excluding hydrogens is 288 g/mol. The lowest BCUT2D eigenvalue weighted by molar-refractivity contribution is 0.0724. The summed E-state index contributed by atoms with van der Waals surface area (Å²) < 4.78 is 26.3. The van der Waals surface area contributed by atoms with Crippen molar-refractivity contribution in [1.29, 1.82) is 0 Å². The van der Waals surface area contributed by atoms with Crippen molar-refractivity contribution in [2.24, 2.45) is 0 Å². The van der Waals surface area contributed by atoms with E-state index in [0.717, 1.165) is 32.4 Å². The van der Waals surface area contributed by atoms with Crippen molar-refractivity contribution in [2.75, 3.05) is 19.6 Å². The van der Waals surface area contributed by atoms with Gasteiger partial charge < -0.3 is 4.90 Å². The zero-order valence-electron chi connectivity index (χ0n) is 11.7. The maximum absolute atomic E-state index is 12.4. The second kappa shape index (κ2) is 6.74. The molecule has 1 aromatic carbocycles. The van der Waals surface area contributed by atoms with Crippen LogP contribution in [0.2, 0.25) is 0 Å². The van der Waals surface area contributed by atoms with Crippen LogP contribution in [0.3, 0.4) is 0 Å². The van der Waals surface area contributed by atoms with Gasteiger partial charge in [0.1, 0.15) is 0 Å². The standard InChI is InChI=1S/C15H18N2O3S/c1-2-9-16-21(19,20)14-8-6-7-13(12-14)15(18)17-10-4-3-5-11-17/h1,6-8,12,16H,3-5,9-11H2. The predicted molar refractivity (Wildman–Crippen MR) is 80.2 cm³/mol. The highest BCUT2D eigenvalue weighted by Gasteiger charge is 2.20. The number of nitrogens with zero attached hydrogens (tertiary/aromatic N) is 1. The molecule has 1 N–H and O–H groups in total. The van der Waals surface area contributed by atoms with Crippen LogP contribution in [0, 0.1) is 12.3 Å². The van der Waals surface area contributed by atoms with Crippen molar-refractivity contribution >= 4 is 15.9 Å². The number of carbonyl (C=O) groups excluding carboxylic acids is 1. The first kappa shape index (κ1) is 15.5. The van der Waals surface area contributed by atoms with Gasteiger partial charge in [0.15, 0.2) is 0 Å². The van der Waals surface area contributed by atoms with Crippen LogP contribution < -0.4 is 4.72 Å². The Bertz CT molecular complexity index is 656.